The Labute approximate surface area is 70.1 Å². The summed E-state index contributed by atoms with van der Waals surface area (Å²) in [4.78, 5) is 2.44. The van der Waals surface area contributed by atoms with Crippen LogP contribution in [-0.2, 0) is 0 Å². The lowest BCUT2D eigenvalue weighted by atomic mass is 10.0. The average molecular weight is 153 g/mol. The molecule has 1 heteroatoms. The van der Waals surface area contributed by atoms with Crippen molar-refractivity contribution in [3.63, 3.8) is 0 Å². The maximum absolute atomic E-state index is 2.44. The maximum Gasteiger partial charge on any atom is 0.0312 e. The van der Waals surface area contributed by atoms with E-state index in [4.69, 9.17) is 0 Å². The van der Waals surface area contributed by atoms with Crippen LogP contribution in [0, 0.1) is 0 Å². The summed E-state index contributed by atoms with van der Waals surface area (Å²) in [5.41, 5.74) is 1.83. The van der Waals surface area contributed by atoms with Gasteiger partial charge in [0, 0.05) is 12.1 Å². The van der Waals surface area contributed by atoms with Crippen molar-refractivity contribution in [3.8, 4) is 0 Å². The summed E-state index contributed by atoms with van der Waals surface area (Å²) in [6.07, 6.45) is 4.91. The van der Waals surface area contributed by atoms with E-state index >= 15 is 0 Å². The lowest BCUT2D eigenvalue weighted by Crippen LogP contribution is -2.39. The summed E-state index contributed by atoms with van der Waals surface area (Å²) in [5.74, 6) is 0. The Morgan fingerprint density at radius 2 is 2.00 bits per heavy atom. The average Bonchev–Trinajstić information content (AvgIpc) is 1.86. The summed E-state index contributed by atoms with van der Waals surface area (Å²) >= 11 is 0. The fourth-order valence-corrected chi connectivity index (χ4v) is 1.45. The van der Waals surface area contributed by atoms with Gasteiger partial charge in [-0.05, 0) is 46.7 Å². The highest BCUT2D eigenvalue weighted by molar-refractivity contribution is 5.03. The molecule has 0 saturated carbocycles. The Balaban J connectivity index is 2.67. The van der Waals surface area contributed by atoms with Crippen molar-refractivity contribution in [2.45, 2.75) is 46.1 Å². The normalized spacial score (nSPS) is 20.0. The lowest BCUT2D eigenvalue weighted by Gasteiger charge is -2.37. The van der Waals surface area contributed by atoms with Crippen molar-refractivity contribution >= 4 is 0 Å². The van der Waals surface area contributed by atoms with E-state index in [1.807, 2.05) is 0 Å². The molecule has 0 radical (unpaired) electrons. The van der Waals surface area contributed by atoms with Crippen molar-refractivity contribution < 1.29 is 0 Å². The number of hydrogen-bond donors (Lipinski definition) is 0. The zero-order valence-corrected chi connectivity index (χ0v) is 8.15. The molecule has 1 heterocycles. The van der Waals surface area contributed by atoms with Gasteiger partial charge in [-0.1, -0.05) is 5.57 Å². The van der Waals surface area contributed by atoms with Gasteiger partial charge in [0.2, 0.25) is 0 Å². The smallest absolute Gasteiger partial charge is 0.0312 e. The number of hydrogen-bond acceptors (Lipinski definition) is 1. The Morgan fingerprint density at radius 1 is 1.36 bits per heavy atom. The van der Waals surface area contributed by atoms with Gasteiger partial charge in [-0.15, -0.1) is 0 Å². The van der Waals surface area contributed by atoms with E-state index in [0.29, 0.717) is 5.54 Å². The fraction of sp³-hybridized carbons (Fsp3) is 0.800. The van der Waals surface area contributed by atoms with Crippen LogP contribution in [0.1, 0.15) is 40.5 Å². The molecular weight excluding hydrogens is 134 g/mol. The molecule has 1 aliphatic rings. The molecule has 0 aromatic carbocycles. The first-order valence-electron chi connectivity index (χ1n) is 4.44. The minimum absolute atomic E-state index is 0.307. The van der Waals surface area contributed by atoms with E-state index in [1.165, 1.54) is 25.0 Å². The van der Waals surface area contributed by atoms with Gasteiger partial charge in [0.1, 0.15) is 0 Å². The number of allylic oxidation sites excluding steroid dienone is 1. The van der Waals surface area contributed by atoms with Gasteiger partial charge < -0.3 is 4.90 Å². The van der Waals surface area contributed by atoms with Crippen LogP contribution in [-0.4, -0.2) is 17.0 Å². The van der Waals surface area contributed by atoms with Crippen LogP contribution < -0.4 is 0 Å². The first kappa shape index (κ1) is 8.63. The largest absolute Gasteiger partial charge is 0.373 e. The predicted octanol–water partition coefficient (Wildman–Crippen LogP) is 2.78. The summed E-state index contributed by atoms with van der Waals surface area (Å²) in [6, 6.07) is 0. The molecule has 1 aliphatic heterocycles. The Bertz CT molecular complexity index is 162. The van der Waals surface area contributed by atoms with Crippen LogP contribution in [0.4, 0.5) is 0 Å². The molecule has 0 unspecified atom stereocenters. The second kappa shape index (κ2) is 2.88. The highest BCUT2D eigenvalue weighted by Crippen LogP contribution is 2.21. The topological polar surface area (TPSA) is 3.24 Å². The van der Waals surface area contributed by atoms with Crippen molar-refractivity contribution in [1.29, 1.82) is 0 Å². The van der Waals surface area contributed by atoms with Gasteiger partial charge in [0.15, 0.2) is 0 Å². The number of rotatable bonds is 0. The van der Waals surface area contributed by atoms with Crippen LogP contribution in [0.2, 0.25) is 0 Å². The van der Waals surface area contributed by atoms with Gasteiger partial charge in [-0.3, -0.25) is 0 Å². The second-order valence-corrected chi connectivity index (χ2v) is 4.44. The van der Waals surface area contributed by atoms with Gasteiger partial charge in [0.25, 0.3) is 0 Å². The van der Waals surface area contributed by atoms with Crippen LogP contribution in [0.5, 0.6) is 0 Å². The van der Waals surface area contributed by atoms with Gasteiger partial charge in [-0.2, -0.15) is 0 Å². The van der Waals surface area contributed by atoms with Crippen LogP contribution in [0.15, 0.2) is 11.8 Å². The first-order chi connectivity index (χ1) is 5.00. The van der Waals surface area contributed by atoms with E-state index in [0.717, 1.165) is 0 Å². The van der Waals surface area contributed by atoms with E-state index in [-0.39, 0.29) is 0 Å². The molecule has 0 N–H and O–H groups in total. The van der Waals surface area contributed by atoms with Crippen molar-refractivity contribution in [2.75, 3.05) is 6.54 Å². The standard InChI is InChI=1S/C10H19N/c1-9-6-5-7-11(8-9)10(2,3)4/h8H,5-7H2,1-4H3. The molecule has 1 nitrogen and oxygen atoms in total. The second-order valence-electron chi connectivity index (χ2n) is 4.44. The summed E-state index contributed by atoms with van der Waals surface area (Å²) in [6.45, 7) is 10.2. The Kier molecular flexibility index (Phi) is 2.26. The van der Waals surface area contributed by atoms with E-state index in [2.05, 4.69) is 38.8 Å². The van der Waals surface area contributed by atoms with E-state index < -0.39 is 0 Å². The Morgan fingerprint density at radius 3 is 2.36 bits per heavy atom. The third-order valence-corrected chi connectivity index (χ3v) is 2.21. The summed E-state index contributed by atoms with van der Waals surface area (Å²) < 4.78 is 0. The minimum Gasteiger partial charge on any atom is -0.373 e. The van der Waals surface area contributed by atoms with Gasteiger partial charge in [-0.25, -0.2) is 0 Å². The fourth-order valence-electron chi connectivity index (χ4n) is 1.45. The first-order valence-corrected chi connectivity index (χ1v) is 4.44. The lowest BCUT2D eigenvalue weighted by molar-refractivity contribution is 0.193. The molecule has 0 atom stereocenters. The van der Waals surface area contributed by atoms with E-state index in [9.17, 15) is 0 Å². The molecule has 0 spiro atoms. The molecule has 0 aliphatic carbocycles. The van der Waals surface area contributed by atoms with Crippen LogP contribution in [0.25, 0.3) is 0 Å². The SMILES string of the molecule is CC1=CN(C(C)(C)C)CCC1. The molecule has 0 saturated heterocycles. The van der Waals surface area contributed by atoms with Crippen LogP contribution in [0.3, 0.4) is 0 Å². The monoisotopic (exact) mass is 153 g/mol. The predicted molar refractivity (Wildman–Crippen MR) is 49.5 cm³/mol. The van der Waals surface area contributed by atoms with Gasteiger partial charge in [0.05, 0.1) is 0 Å². The molecule has 64 valence electrons. The number of nitrogens with zero attached hydrogens (tertiary/aromatic N) is 1. The molecule has 0 aromatic rings. The molecule has 0 amide bonds. The maximum atomic E-state index is 2.44. The van der Waals surface area contributed by atoms with Crippen molar-refractivity contribution in [2.24, 2.45) is 0 Å². The Hall–Kier alpha value is -0.460. The third-order valence-electron chi connectivity index (χ3n) is 2.21. The van der Waals surface area contributed by atoms with E-state index in [1.54, 1.807) is 0 Å². The zero-order chi connectivity index (χ0) is 8.48. The minimum atomic E-state index is 0.307. The highest BCUT2D eigenvalue weighted by atomic mass is 15.2. The zero-order valence-electron chi connectivity index (χ0n) is 8.15. The van der Waals surface area contributed by atoms with Crippen molar-refractivity contribution in [1.82, 2.24) is 4.90 Å². The van der Waals surface area contributed by atoms with Crippen LogP contribution >= 0.6 is 0 Å². The van der Waals surface area contributed by atoms with Gasteiger partial charge >= 0.3 is 0 Å². The quantitative estimate of drug-likeness (QED) is 0.517. The summed E-state index contributed by atoms with van der Waals surface area (Å²) in [7, 11) is 0. The highest BCUT2D eigenvalue weighted by Gasteiger charge is 2.19. The molecule has 0 aromatic heterocycles. The van der Waals surface area contributed by atoms with Crippen molar-refractivity contribution in [3.05, 3.63) is 11.8 Å². The molecule has 0 fully saturated rings. The molecule has 11 heavy (non-hydrogen) atoms. The molecule has 1 rings (SSSR count). The summed E-state index contributed by atoms with van der Waals surface area (Å²) in [5, 5.41) is 0. The molecular formula is C10H19N. The third kappa shape index (κ3) is 2.25. The molecule has 0 bridgehead atoms.